The molecule has 0 aliphatic heterocycles. The second-order valence-corrected chi connectivity index (χ2v) is 13.5. The van der Waals surface area contributed by atoms with Crippen LogP contribution in [-0.2, 0) is 0 Å². The number of rotatable bonds is 4. The van der Waals surface area contributed by atoms with E-state index >= 15 is 0 Å². The molecule has 4 aromatic heterocycles. The first-order chi connectivity index (χ1) is 27.2. The summed E-state index contributed by atoms with van der Waals surface area (Å²) in [6, 6.07) is 52.1. The van der Waals surface area contributed by atoms with Crippen LogP contribution in [-0.4, -0.2) is 14.5 Å². The molecular weight excluding hydrogens is 679 g/mol. The molecule has 4 heterocycles. The molecule has 7 heteroatoms. The van der Waals surface area contributed by atoms with E-state index in [0.717, 1.165) is 76.8 Å². The zero-order chi connectivity index (χ0) is 36.6. The van der Waals surface area contributed by atoms with Gasteiger partial charge < -0.3 is 13.4 Å². The van der Waals surface area contributed by atoms with Crippen molar-refractivity contribution < 1.29 is 8.83 Å². The van der Waals surface area contributed by atoms with E-state index in [1.807, 2.05) is 121 Å². The molecule has 0 bridgehead atoms. The Morgan fingerprint density at radius 3 is 2.05 bits per heavy atom. The second-order valence-electron chi connectivity index (χ2n) is 13.5. The minimum absolute atomic E-state index is 0.323. The van der Waals surface area contributed by atoms with Gasteiger partial charge in [0.25, 0.3) is 0 Å². The van der Waals surface area contributed by atoms with Crippen LogP contribution in [0, 0.1) is 17.9 Å². The largest absolute Gasteiger partial charge is 0.456 e. The van der Waals surface area contributed by atoms with E-state index in [9.17, 15) is 5.26 Å². The van der Waals surface area contributed by atoms with E-state index in [1.165, 1.54) is 0 Å². The molecule has 0 spiro atoms. The highest BCUT2D eigenvalue weighted by atomic mass is 16.3. The van der Waals surface area contributed by atoms with Gasteiger partial charge in [-0.3, -0.25) is 0 Å². The molecule has 0 fully saturated rings. The van der Waals surface area contributed by atoms with Crippen molar-refractivity contribution >= 4 is 71.4 Å². The Morgan fingerprint density at radius 1 is 0.582 bits per heavy atom. The Bertz CT molecular complexity index is 3470. The maximum absolute atomic E-state index is 10.8. The van der Waals surface area contributed by atoms with Crippen LogP contribution in [0.4, 0.5) is 5.69 Å². The maximum atomic E-state index is 10.8. The number of para-hydroxylation sites is 3. The molecule has 7 nitrogen and oxygen atoms in total. The lowest BCUT2D eigenvalue weighted by atomic mass is 9.98. The lowest BCUT2D eigenvalue weighted by Crippen LogP contribution is -2.02. The average Bonchev–Trinajstić information content (AvgIpc) is 3.93. The molecule has 0 aliphatic rings. The van der Waals surface area contributed by atoms with E-state index in [0.29, 0.717) is 39.7 Å². The van der Waals surface area contributed by atoms with Crippen LogP contribution in [0.15, 0.2) is 160 Å². The number of fused-ring (bicyclic) bond motifs is 10. The van der Waals surface area contributed by atoms with Gasteiger partial charge in [0.15, 0.2) is 11.4 Å². The third-order valence-electron chi connectivity index (χ3n) is 10.5. The normalized spacial score (nSPS) is 11.6. The van der Waals surface area contributed by atoms with Crippen LogP contribution in [0.3, 0.4) is 0 Å². The second kappa shape index (κ2) is 11.8. The number of aromatic nitrogens is 3. The summed E-state index contributed by atoms with van der Waals surface area (Å²) < 4.78 is 14.9. The van der Waals surface area contributed by atoms with Crippen molar-refractivity contribution in [1.82, 2.24) is 14.5 Å². The Kier molecular flexibility index (Phi) is 6.54. The van der Waals surface area contributed by atoms with Crippen LogP contribution in [0.25, 0.3) is 110 Å². The predicted molar refractivity (Wildman–Crippen MR) is 218 cm³/mol. The fourth-order valence-corrected chi connectivity index (χ4v) is 8.09. The SMILES string of the molecule is [C-]#[N+]c1cc(-c2nc(-c3cccc4oc5ccccc5c34)nc(-c3ccccc3)c2C#N)ccc1-n1c2ccccc2c2ccc3c4ccccc4oc3c21. The Morgan fingerprint density at radius 2 is 1.25 bits per heavy atom. The zero-order valence-corrected chi connectivity index (χ0v) is 29.0. The summed E-state index contributed by atoms with van der Waals surface area (Å²) in [5, 5.41) is 16.8. The molecule has 11 aromatic rings. The third-order valence-corrected chi connectivity index (χ3v) is 10.5. The molecule has 11 rings (SSSR count). The number of furan rings is 2. The van der Waals surface area contributed by atoms with Gasteiger partial charge in [-0.25, -0.2) is 14.8 Å². The van der Waals surface area contributed by atoms with Crippen LogP contribution in [0.5, 0.6) is 0 Å². The molecule has 7 aromatic carbocycles. The summed E-state index contributed by atoms with van der Waals surface area (Å²) in [7, 11) is 0. The van der Waals surface area contributed by atoms with Crippen molar-refractivity contribution in [3.05, 3.63) is 169 Å². The van der Waals surface area contributed by atoms with Crippen LogP contribution < -0.4 is 0 Å². The predicted octanol–water partition coefficient (Wildman–Crippen LogP) is 12.8. The van der Waals surface area contributed by atoms with Crippen molar-refractivity contribution in [2.45, 2.75) is 0 Å². The summed E-state index contributed by atoms with van der Waals surface area (Å²) in [5.74, 6) is 0.452. The van der Waals surface area contributed by atoms with E-state index in [4.69, 9.17) is 25.4 Å². The third kappa shape index (κ3) is 4.48. The van der Waals surface area contributed by atoms with Gasteiger partial charge in [0, 0.05) is 43.4 Å². The van der Waals surface area contributed by atoms with Gasteiger partial charge in [-0.2, -0.15) is 5.26 Å². The molecule has 55 heavy (non-hydrogen) atoms. The van der Waals surface area contributed by atoms with Gasteiger partial charge in [-0.15, -0.1) is 0 Å². The van der Waals surface area contributed by atoms with Crippen LogP contribution in [0.2, 0.25) is 0 Å². The summed E-state index contributed by atoms with van der Waals surface area (Å²) >= 11 is 0. The number of nitriles is 1. The fourth-order valence-electron chi connectivity index (χ4n) is 8.09. The van der Waals surface area contributed by atoms with E-state index in [-0.39, 0.29) is 0 Å². The topological polar surface area (TPSA) is 85.1 Å². The monoisotopic (exact) mass is 703 g/mol. The highest BCUT2D eigenvalue weighted by molar-refractivity contribution is 6.21. The lowest BCUT2D eigenvalue weighted by molar-refractivity contribution is 0.669. The first-order valence-electron chi connectivity index (χ1n) is 17.8. The minimum Gasteiger partial charge on any atom is -0.456 e. The molecule has 0 aliphatic carbocycles. The molecule has 0 saturated heterocycles. The van der Waals surface area contributed by atoms with Crippen molar-refractivity contribution in [1.29, 1.82) is 5.26 Å². The Balaban J connectivity index is 1.18. The van der Waals surface area contributed by atoms with Gasteiger partial charge in [0.2, 0.25) is 5.69 Å². The molecule has 0 amide bonds. The smallest absolute Gasteiger partial charge is 0.211 e. The number of benzene rings is 7. The first-order valence-corrected chi connectivity index (χ1v) is 17.8. The van der Waals surface area contributed by atoms with Crippen molar-refractivity contribution in [2.75, 3.05) is 0 Å². The standard InChI is InChI=1S/C48H25N5O2/c1-50-37-26-29(22-25-39(37)53-38-18-8-5-14-30(38)32-23-24-33-31-15-6-9-19-40(31)55-47(33)46(32)53)45-36(27-49)44(28-12-3-2-4-13-28)51-48(52-45)35-17-11-21-42-43(35)34-16-7-10-20-41(34)54-42/h2-26H. The highest BCUT2D eigenvalue weighted by Gasteiger charge is 2.24. The number of hydrogen-bond acceptors (Lipinski definition) is 5. The molecule has 254 valence electrons. The quantitative estimate of drug-likeness (QED) is 0.170. The van der Waals surface area contributed by atoms with Crippen LogP contribution in [0.1, 0.15) is 5.56 Å². The molecule has 0 radical (unpaired) electrons. The fraction of sp³-hybridized carbons (Fsp3) is 0. The summed E-state index contributed by atoms with van der Waals surface area (Å²) in [5.41, 5.74) is 9.48. The number of nitrogens with zero attached hydrogens (tertiary/aromatic N) is 5. The summed E-state index contributed by atoms with van der Waals surface area (Å²) in [6.45, 7) is 8.49. The van der Waals surface area contributed by atoms with E-state index in [1.54, 1.807) is 0 Å². The zero-order valence-electron chi connectivity index (χ0n) is 29.0. The van der Waals surface area contributed by atoms with Gasteiger partial charge in [0.1, 0.15) is 28.4 Å². The molecule has 0 N–H and O–H groups in total. The molecule has 0 atom stereocenters. The van der Waals surface area contributed by atoms with Gasteiger partial charge >= 0.3 is 0 Å². The Labute approximate surface area is 313 Å². The highest BCUT2D eigenvalue weighted by Crippen LogP contribution is 2.44. The summed E-state index contributed by atoms with van der Waals surface area (Å²) in [4.78, 5) is 14.3. The van der Waals surface area contributed by atoms with Gasteiger partial charge in [0.05, 0.1) is 34.7 Å². The summed E-state index contributed by atoms with van der Waals surface area (Å²) in [6.07, 6.45) is 0. The van der Waals surface area contributed by atoms with Crippen molar-refractivity contribution in [3.63, 3.8) is 0 Å². The average molecular weight is 704 g/mol. The molecule has 0 unspecified atom stereocenters. The van der Waals surface area contributed by atoms with Gasteiger partial charge in [-0.05, 0) is 48.0 Å². The van der Waals surface area contributed by atoms with E-state index in [2.05, 4.69) is 45.8 Å². The van der Waals surface area contributed by atoms with Crippen molar-refractivity contribution in [3.8, 4) is 45.7 Å². The lowest BCUT2D eigenvalue weighted by Gasteiger charge is -2.15. The minimum atomic E-state index is 0.323. The molecule has 0 saturated carbocycles. The molecular formula is C48H25N5O2. The van der Waals surface area contributed by atoms with Crippen molar-refractivity contribution in [2.24, 2.45) is 0 Å². The first kappa shape index (κ1) is 30.6. The van der Waals surface area contributed by atoms with E-state index < -0.39 is 0 Å². The van der Waals surface area contributed by atoms with Gasteiger partial charge in [-0.1, -0.05) is 109 Å². The van der Waals surface area contributed by atoms with Crippen LogP contribution >= 0.6 is 0 Å². The Hall–Kier alpha value is -8.00. The number of hydrogen-bond donors (Lipinski definition) is 0. The maximum Gasteiger partial charge on any atom is 0.211 e.